The lowest BCUT2D eigenvalue weighted by molar-refractivity contribution is 0.0891. The average molecular weight is 268 g/mol. The topological polar surface area (TPSA) is 35.7 Å². The zero-order valence-corrected chi connectivity index (χ0v) is 13.1. The van der Waals surface area contributed by atoms with E-state index in [2.05, 4.69) is 35.7 Å². The Hall–Kier alpha value is -0.160. The Balaban J connectivity index is 1.98. The number of likely N-dealkylation sites (N-methyl/N-ethyl adjacent to an activating group) is 1. The number of hydrogen-bond acceptors (Lipinski definition) is 4. The van der Waals surface area contributed by atoms with Crippen molar-refractivity contribution in [3.05, 3.63) is 0 Å². The molecule has 1 aliphatic carbocycles. The minimum atomic E-state index is 0.245. The number of rotatable bonds is 8. The molecule has 0 bridgehead atoms. The molecule has 1 unspecified atom stereocenters. The largest absolute Gasteiger partial charge is 0.329 e. The van der Waals surface area contributed by atoms with Crippen LogP contribution in [0.1, 0.15) is 32.6 Å². The standard InChI is InChI=1S/C15H32N4/c1-4-8-19(11-10-17(2)3)15(12-16)7-9-18(13-15)14-5-6-14/h14H,4-13,16H2,1-3H3. The number of hydrogen-bond donors (Lipinski definition) is 1. The molecule has 2 fully saturated rings. The normalized spacial score (nSPS) is 28.7. The fourth-order valence-corrected chi connectivity index (χ4v) is 3.37. The van der Waals surface area contributed by atoms with E-state index < -0.39 is 0 Å². The third-order valence-electron chi connectivity index (χ3n) is 4.79. The predicted octanol–water partition coefficient (Wildman–Crippen LogP) is 0.826. The zero-order valence-electron chi connectivity index (χ0n) is 13.1. The van der Waals surface area contributed by atoms with Crippen LogP contribution in [0.15, 0.2) is 0 Å². The van der Waals surface area contributed by atoms with E-state index in [0.29, 0.717) is 0 Å². The third kappa shape index (κ3) is 3.69. The second kappa shape index (κ2) is 6.53. The second-order valence-electron chi connectivity index (χ2n) is 6.67. The lowest BCUT2D eigenvalue weighted by Gasteiger charge is -2.41. The monoisotopic (exact) mass is 268 g/mol. The first-order chi connectivity index (χ1) is 9.11. The molecular formula is C15H32N4. The minimum Gasteiger partial charge on any atom is -0.329 e. The minimum absolute atomic E-state index is 0.245. The average Bonchev–Trinajstić information content (AvgIpc) is 3.15. The summed E-state index contributed by atoms with van der Waals surface area (Å²) in [6.07, 6.45) is 5.30. The number of nitrogens with zero attached hydrogens (tertiary/aromatic N) is 3. The molecule has 0 aromatic carbocycles. The van der Waals surface area contributed by atoms with Gasteiger partial charge in [-0.15, -0.1) is 0 Å². The Labute approximate surface area is 118 Å². The summed E-state index contributed by atoms with van der Waals surface area (Å²) < 4.78 is 0. The van der Waals surface area contributed by atoms with Crippen molar-refractivity contribution in [2.24, 2.45) is 5.73 Å². The fourth-order valence-electron chi connectivity index (χ4n) is 3.37. The van der Waals surface area contributed by atoms with Crippen LogP contribution >= 0.6 is 0 Å². The predicted molar refractivity (Wildman–Crippen MR) is 81.4 cm³/mol. The zero-order chi connectivity index (χ0) is 13.9. The lowest BCUT2D eigenvalue weighted by Crippen LogP contribution is -2.57. The fraction of sp³-hybridized carbons (Fsp3) is 1.00. The van der Waals surface area contributed by atoms with Gasteiger partial charge in [-0.1, -0.05) is 6.92 Å². The third-order valence-corrected chi connectivity index (χ3v) is 4.79. The van der Waals surface area contributed by atoms with Crippen molar-refractivity contribution in [1.82, 2.24) is 14.7 Å². The van der Waals surface area contributed by atoms with E-state index in [1.165, 1.54) is 45.3 Å². The Kier molecular flexibility index (Phi) is 5.23. The molecule has 0 amide bonds. The Morgan fingerprint density at radius 2 is 1.95 bits per heavy atom. The summed E-state index contributed by atoms with van der Waals surface area (Å²) in [6.45, 7) is 9.00. The van der Waals surface area contributed by atoms with Crippen molar-refractivity contribution in [3.63, 3.8) is 0 Å². The van der Waals surface area contributed by atoms with Crippen LogP contribution < -0.4 is 5.73 Å². The van der Waals surface area contributed by atoms with Crippen molar-refractivity contribution in [2.75, 3.05) is 53.4 Å². The first-order valence-corrected chi connectivity index (χ1v) is 7.95. The van der Waals surface area contributed by atoms with Gasteiger partial charge < -0.3 is 10.6 Å². The van der Waals surface area contributed by atoms with Crippen molar-refractivity contribution >= 4 is 0 Å². The van der Waals surface area contributed by atoms with Crippen molar-refractivity contribution < 1.29 is 0 Å². The van der Waals surface area contributed by atoms with Crippen LogP contribution in [0.4, 0.5) is 0 Å². The van der Waals surface area contributed by atoms with Gasteiger partial charge in [0.1, 0.15) is 0 Å². The van der Waals surface area contributed by atoms with E-state index >= 15 is 0 Å². The van der Waals surface area contributed by atoms with Gasteiger partial charge >= 0.3 is 0 Å². The van der Waals surface area contributed by atoms with Crippen LogP contribution in [0.25, 0.3) is 0 Å². The molecule has 1 atom stereocenters. The van der Waals surface area contributed by atoms with Gasteiger partial charge in [-0.3, -0.25) is 9.80 Å². The molecule has 1 heterocycles. The summed E-state index contributed by atoms with van der Waals surface area (Å²) in [4.78, 5) is 7.64. The first kappa shape index (κ1) is 15.2. The number of nitrogens with two attached hydrogens (primary N) is 1. The van der Waals surface area contributed by atoms with Crippen LogP contribution in [-0.2, 0) is 0 Å². The van der Waals surface area contributed by atoms with E-state index in [0.717, 1.165) is 25.7 Å². The van der Waals surface area contributed by atoms with Gasteiger partial charge in [-0.05, 0) is 46.3 Å². The van der Waals surface area contributed by atoms with Crippen molar-refractivity contribution in [1.29, 1.82) is 0 Å². The molecule has 0 aromatic rings. The molecule has 112 valence electrons. The van der Waals surface area contributed by atoms with Gasteiger partial charge in [0.05, 0.1) is 0 Å². The van der Waals surface area contributed by atoms with E-state index in [4.69, 9.17) is 5.73 Å². The van der Waals surface area contributed by atoms with Crippen LogP contribution in [0, 0.1) is 0 Å². The molecule has 1 saturated carbocycles. The highest BCUT2D eigenvalue weighted by molar-refractivity contribution is 5.03. The Morgan fingerprint density at radius 3 is 2.47 bits per heavy atom. The molecule has 0 aromatic heterocycles. The quantitative estimate of drug-likeness (QED) is 0.707. The molecule has 2 N–H and O–H groups in total. The van der Waals surface area contributed by atoms with E-state index in [1.807, 2.05) is 0 Å². The van der Waals surface area contributed by atoms with Gasteiger partial charge in [0.15, 0.2) is 0 Å². The van der Waals surface area contributed by atoms with Crippen LogP contribution in [-0.4, -0.2) is 79.6 Å². The molecule has 4 heteroatoms. The SMILES string of the molecule is CCCN(CCN(C)C)C1(CN)CCN(C2CC2)C1. The van der Waals surface area contributed by atoms with Gasteiger partial charge in [0.2, 0.25) is 0 Å². The maximum Gasteiger partial charge on any atom is 0.0471 e. The lowest BCUT2D eigenvalue weighted by atomic mass is 9.95. The Morgan fingerprint density at radius 1 is 1.21 bits per heavy atom. The van der Waals surface area contributed by atoms with Crippen molar-refractivity contribution in [2.45, 2.75) is 44.2 Å². The smallest absolute Gasteiger partial charge is 0.0471 e. The van der Waals surface area contributed by atoms with E-state index in [9.17, 15) is 0 Å². The summed E-state index contributed by atoms with van der Waals surface area (Å²) in [5.41, 5.74) is 6.45. The molecule has 4 nitrogen and oxygen atoms in total. The van der Waals surface area contributed by atoms with Crippen molar-refractivity contribution in [3.8, 4) is 0 Å². The second-order valence-corrected chi connectivity index (χ2v) is 6.67. The van der Waals surface area contributed by atoms with Crippen LogP contribution in [0.3, 0.4) is 0 Å². The molecule has 2 aliphatic rings. The maximum atomic E-state index is 6.21. The molecule has 0 spiro atoms. The highest BCUT2D eigenvalue weighted by Gasteiger charge is 2.45. The van der Waals surface area contributed by atoms with Crippen LogP contribution in [0.5, 0.6) is 0 Å². The summed E-state index contributed by atoms with van der Waals surface area (Å²) in [6, 6.07) is 0.880. The maximum absolute atomic E-state index is 6.21. The molecular weight excluding hydrogens is 236 g/mol. The molecule has 2 rings (SSSR count). The first-order valence-electron chi connectivity index (χ1n) is 7.95. The molecule has 1 aliphatic heterocycles. The van der Waals surface area contributed by atoms with Gasteiger partial charge in [0.25, 0.3) is 0 Å². The van der Waals surface area contributed by atoms with E-state index in [1.54, 1.807) is 0 Å². The highest BCUT2D eigenvalue weighted by atomic mass is 15.3. The summed E-state index contributed by atoms with van der Waals surface area (Å²) >= 11 is 0. The van der Waals surface area contributed by atoms with E-state index in [-0.39, 0.29) is 5.54 Å². The summed E-state index contributed by atoms with van der Waals surface area (Å²) in [5, 5.41) is 0. The summed E-state index contributed by atoms with van der Waals surface area (Å²) in [7, 11) is 4.31. The molecule has 19 heavy (non-hydrogen) atoms. The van der Waals surface area contributed by atoms with Crippen LogP contribution in [0.2, 0.25) is 0 Å². The van der Waals surface area contributed by atoms with Gasteiger partial charge in [0, 0.05) is 44.3 Å². The van der Waals surface area contributed by atoms with Gasteiger partial charge in [-0.2, -0.15) is 0 Å². The summed E-state index contributed by atoms with van der Waals surface area (Å²) in [5.74, 6) is 0. The number of likely N-dealkylation sites (tertiary alicyclic amines) is 1. The van der Waals surface area contributed by atoms with Gasteiger partial charge in [-0.25, -0.2) is 0 Å². The highest BCUT2D eigenvalue weighted by Crippen LogP contribution is 2.35. The molecule has 0 radical (unpaired) electrons. The molecule has 1 saturated heterocycles. The Bertz CT molecular complexity index is 277.